The molecule has 0 saturated carbocycles. The van der Waals surface area contributed by atoms with E-state index < -0.39 is 0 Å². The molecule has 0 aliphatic carbocycles. The SMILES string of the molecule is Cc1ccc(C(C)C)c(OCCCn2c(C3CC(=O)N(c4ccc(Cl)cc4)C3)nc3ccccc32)c1. The van der Waals surface area contributed by atoms with Crippen LogP contribution in [0, 0.1) is 6.92 Å². The average molecular weight is 502 g/mol. The van der Waals surface area contributed by atoms with Crippen molar-refractivity contribution < 1.29 is 9.53 Å². The van der Waals surface area contributed by atoms with Gasteiger partial charge in [0, 0.05) is 36.1 Å². The molecule has 1 aromatic heterocycles. The Morgan fingerprint density at radius 1 is 1.08 bits per heavy atom. The minimum absolute atomic E-state index is 0.0332. The van der Waals surface area contributed by atoms with Crippen LogP contribution in [0.3, 0.4) is 0 Å². The molecular formula is C30H32ClN3O2. The van der Waals surface area contributed by atoms with Crippen molar-refractivity contribution in [2.45, 2.75) is 52.0 Å². The first-order valence-corrected chi connectivity index (χ1v) is 13.0. The average Bonchev–Trinajstić information content (AvgIpc) is 3.42. The smallest absolute Gasteiger partial charge is 0.227 e. The van der Waals surface area contributed by atoms with Gasteiger partial charge in [-0.15, -0.1) is 0 Å². The lowest BCUT2D eigenvalue weighted by molar-refractivity contribution is -0.117. The van der Waals surface area contributed by atoms with Crippen molar-refractivity contribution in [2.24, 2.45) is 0 Å². The van der Waals surface area contributed by atoms with Crippen molar-refractivity contribution in [3.8, 4) is 5.75 Å². The van der Waals surface area contributed by atoms with Gasteiger partial charge in [0.15, 0.2) is 0 Å². The zero-order valence-electron chi connectivity index (χ0n) is 21.1. The number of rotatable bonds is 8. The highest BCUT2D eigenvalue weighted by atomic mass is 35.5. The Labute approximate surface area is 217 Å². The van der Waals surface area contributed by atoms with E-state index in [-0.39, 0.29) is 11.8 Å². The van der Waals surface area contributed by atoms with Crippen LogP contribution in [-0.4, -0.2) is 28.6 Å². The van der Waals surface area contributed by atoms with Crippen LogP contribution in [-0.2, 0) is 11.3 Å². The van der Waals surface area contributed by atoms with E-state index in [4.69, 9.17) is 21.3 Å². The lowest BCUT2D eigenvalue weighted by Crippen LogP contribution is -2.24. The molecule has 36 heavy (non-hydrogen) atoms. The summed E-state index contributed by atoms with van der Waals surface area (Å²) >= 11 is 6.05. The van der Waals surface area contributed by atoms with Crippen LogP contribution in [0.2, 0.25) is 5.02 Å². The van der Waals surface area contributed by atoms with Crippen molar-refractivity contribution in [1.29, 1.82) is 0 Å². The molecule has 6 heteroatoms. The quantitative estimate of drug-likeness (QED) is 0.242. The number of aryl methyl sites for hydroxylation is 2. The van der Waals surface area contributed by atoms with Crippen LogP contribution in [0.15, 0.2) is 66.7 Å². The lowest BCUT2D eigenvalue weighted by atomic mass is 10.0. The van der Waals surface area contributed by atoms with E-state index in [1.807, 2.05) is 47.4 Å². The minimum atomic E-state index is 0.0332. The zero-order chi connectivity index (χ0) is 25.2. The van der Waals surface area contributed by atoms with Gasteiger partial charge in [0.2, 0.25) is 5.91 Å². The van der Waals surface area contributed by atoms with Crippen LogP contribution >= 0.6 is 11.6 Å². The van der Waals surface area contributed by atoms with Gasteiger partial charge in [-0.25, -0.2) is 4.98 Å². The highest BCUT2D eigenvalue weighted by Gasteiger charge is 2.34. The summed E-state index contributed by atoms with van der Waals surface area (Å²) in [7, 11) is 0. The Bertz CT molecular complexity index is 1380. The van der Waals surface area contributed by atoms with Gasteiger partial charge < -0.3 is 14.2 Å². The lowest BCUT2D eigenvalue weighted by Gasteiger charge is -2.18. The summed E-state index contributed by atoms with van der Waals surface area (Å²) in [5.41, 5.74) is 5.38. The van der Waals surface area contributed by atoms with Gasteiger partial charge in [0.25, 0.3) is 0 Å². The number of carbonyl (C=O) groups excluding carboxylic acids is 1. The zero-order valence-corrected chi connectivity index (χ0v) is 21.8. The molecule has 0 radical (unpaired) electrons. The molecular weight excluding hydrogens is 470 g/mol. The Hall–Kier alpha value is -3.31. The molecule has 1 atom stereocenters. The van der Waals surface area contributed by atoms with Crippen LogP contribution in [0.4, 0.5) is 5.69 Å². The van der Waals surface area contributed by atoms with E-state index in [0.29, 0.717) is 30.5 Å². The fourth-order valence-corrected chi connectivity index (χ4v) is 5.17. The van der Waals surface area contributed by atoms with Crippen molar-refractivity contribution in [3.05, 3.63) is 88.7 Å². The first-order chi connectivity index (χ1) is 17.4. The normalized spacial score (nSPS) is 15.9. The summed E-state index contributed by atoms with van der Waals surface area (Å²) in [5, 5.41) is 0.664. The second-order valence-electron chi connectivity index (χ2n) is 9.89. The van der Waals surface area contributed by atoms with Gasteiger partial charge in [-0.2, -0.15) is 0 Å². The molecule has 5 nitrogen and oxygen atoms in total. The Morgan fingerprint density at radius 3 is 2.64 bits per heavy atom. The number of fused-ring (bicyclic) bond motifs is 1. The maximum atomic E-state index is 12.9. The Kier molecular flexibility index (Phi) is 7.01. The highest BCUT2D eigenvalue weighted by molar-refractivity contribution is 6.30. The van der Waals surface area contributed by atoms with E-state index in [0.717, 1.165) is 41.3 Å². The van der Waals surface area contributed by atoms with Crippen LogP contribution in [0.1, 0.15) is 55.5 Å². The molecule has 2 heterocycles. The van der Waals surface area contributed by atoms with Gasteiger partial charge in [-0.1, -0.05) is 49.7 Å². The molecule has 1 fully saturated rings. The summed E-state index contributed by atoms with van der Waals surface area (Å²) in [6, 6.07) is 22.1. The molecule has 1 aliphatic rings. The fourth-order valence-electron chi connectivity index (χ4n) is 5.04. The third kappa shape index (κ3) is 4.98. The standard InChI is InChI=1S/C30H32ClN3O2/c1-20(2)25-14-9-21(3)17-28(25)36-16-6-15-33-27-8-5-4-7-26(27)32-30(33)22-18-29(35)34(19-22)24-12-10-23(31)11-13-24/h4-5,7-14,17,20,22H,6,15-16,18-19H2,1-3H3. The first-order valence-electron chi connectivity index (χ1n) is 12.6. The molecule has 0 N–H and O–H groups in total. The van der Waals surface area contributed by atoms with E-state index in [9.17, 15) is 4.79 Å². The number of nitrogens with zero attached hydrogens (tertiary/aromatic N) is 3. The highest BCUT2D eigenvalue weighted by Crippen LogP contribution is 2.34. The molecule has 0 bridgehead atoms. The molecule has 4 aromatic rings. The Morgan fingerprint density at radius 2 is 1.86 bits per heavy atom. The van der Waals surface area contributed by atoms with E-state index in [1.54, 1.807) is 0 Å². The number of benzene rings is 3. The number of hydrogen-bond donors (Lipinski definition) is 0. The Balaban J connectivity index is 1.34. The molecule has 1 unspecified atom stereocenters. The maximum absolute atomic E-state index is 12.9. The summed E-state index contributed by atoms with van der Waals surface area (Å²) < 4.78 is 8.53. The van der Waals surface area contributed by atoms with Crippen LogP contribution < -0.4 is 9.64 Å². The molecule has 1 saturated heterocycles. The summed E-state index contributed by atoms with van der Waals surface area (Å²) in [5.74, 6) is 2.50. The summed E-state index contributed by atoms with van der Waals surface area (Å²) in [6.07, 6.45) is 1.30. The number of para-hydroxylation sites is 2. The first kappa shape index (κ1) is 24.4. The van der Waals surface area contributed by atoms with Crippen molar-refractivity contribution in [3.63, 3.8) is 0 Å². The summed E-state index contributed by atoms with van der Waals surface area (Å²) in [6.45, 7) is 8.49. The molecule has 0 spiro atoms. The maximum Gasteiger partial charge on any atom is 0.227 e. The predicted molar refractivity (Wildman–Crippen MR) is 146 cm³/mol. The van der Waals surface area contributed by atoms with Crippen molar-refractivity contribution in [2.75, 3.05) is 18.1 Å². The largest absolute Gasteiger partial charge is 0.493 e. The number of imidazole rings is 1. The molecule has 186 valence electrons. The second-order valence-corrected chi connectivity index (χ2v) is 10.3. The van der Waals surface area contributed by atoms with Gasteiger partial charge in [0.1, 0.15) is 11.6 Å². The number of ether oxygens (including phenoxy) is 1. The summed E-state index contributed by atoms with van der Waals surface area (Å²) in [4.78, 5) is 19.8. The predicted octanol–water partition coefficient (Wildman–Crippen LogP) is 7.11. The molecule has 1 amide bonds. The number of aromatic nitrogens is 2. The van der Waals surface area contributed by atoms with Gasteiger partial charge in [0.05, 0.1) is 17.6 Å². The van der Waals surface area contributed by atoms with E-state index in [1.165, 1.54) is 11.1 Å². The van der Waals surface area contributed by atoms with Crippen molar-refractivity contribution >= 4 is 34.2 Å². The number of amides is 1. The topological polar surface area (TPSA) is 47.4 Å². The molecule has 5 rings (SSSR count). The molecule has 1 aliphatic heterocycles. The fraction of sp³-hybridized carbons (Fsp3) is 0.333. The van der Waals surface area contributed by atoms with Gasteiger partial charge >= 0.3 is 0 Å². The van der Waals surface area contributed by atoms with Crippen LogP contribution in [0.5, 0.6) is 5.75 Å². The minimum Gasteiger partial charge on any atom is -0.493 e. The number of hydrogen-bond acceptors (Lipinski definition) is 3. The van der Waals surface area contributed by atoms with Gasteiger partial charge in [-0.3, -0.25) is 4.79 Å². The number of anilines is 1. The monoisotopic (exact) mass is 501 g/mol. The number of carbonyl (C=O) groups is 1. The molecule has 3 aromatic carbocycles. The van der Waals surface area contributed by atoms with Crippen molar-refractivity contribution in [1.82, 2.24) is 9.55 Å². The van der Waals surface area contributed by atoms with Gasteiger partial charge in [-0.05, 0) is 72.9 Å². The van der Waals surface area contributed by atoms with E-state index >= 15 is 0 Å². The third-order valence-corrected chi connectivity index (χ3v) is 7.14. The third-order valence-electron chi connectivity index (χ3n) is 6.89. The number of halogens is 1. The second kappa shape index (κ2) is 10.4. The van der Waals surface area contributed by atoms with E-state index in [2.05, 4.69) is 49.6 Å². The van der Waals surface area contributed by atoms with Crippen LogP contribution in [0.25, 0.3) is 11.0 Å².